The van der Waals surface area contributed by atoms with Gasteiger partial charge in [0.1, 0.15) is 0 Å². The van der Waals surface area contributed by atoms with Gasteiger partial charge in [-0.1, -0.05) is 0 Å². The fraction of sp³-hybridized carbons (Fsp3) is 0.700. The predicted octanol–water partition coefficient (Wildman–Crippen LogP) is 1.49. The summed E-state index contributed by atoms with van der Waals surface area (Å²) in [4.78, 5) is 0. The molecule has 17 heavy (non-hydrogen) atoms. The molecule has 0 fully saturated rings. The van der Waals surface area contributed by atoms with Gasteiger partial charge in [0, 0.05) is 12.8 Å². The molecule has 0 aliphatic heterocycles. The Morgan fingerprint density at radius 1 is 1.59 bits per heavy atom. The van der Waals surface area contributed by atoms with Crippen molar-refractivity contribution in [2.24, 2.45) is 5.73 Å². The minimum atomic E-state index is -3.26. The number of rotatable bonds is 4. The minimum absolute atomic E-state index is 0.630. The van der Waals surface area contributed by atoms with Crippen LogP contribution < -0.4 is 5.73 Å². The van der Waals surface area contributed by atoms with Gasteiger partial charge in [-0.15, -0.1) is 0 Å². The number of aromatic nitrogens is 2. The summed E-state index contributed by atoms with van der Waals surface area (Å²) < 4.78 is 25.0. The van der Waals surface area contributed by atoms with E-state index in [1.54, 1.807) is 24.7 Å². The van der Waals surface area contributed by atoms with Crippen LogP contribution in [-0.2, 0) is 16.4 Å². The number of aryl methyl sites for hydroxylation is 1. The second-order valence-corrected chi connectivity index (χ2v) is 8.00. The Morgan fingerprint density at radius 2 is 2.12 bits per heavy atom. The van der Waals surface area contributed by atoms with Gasteiger partial charge >= 0.3 is 0 Å². The van der Waals surface area contributed by atoms with Gasteiger partial charge in [-0.25, -0.2) is 8.42 Å². The van der Waals surface area contributed by atoms with Crippen molar-refractivity contribution < 1.29 is 8.42 Å². The van der Waals surface area contributed by atoms with Crippen LogP contribution in [0.25, 0.3) is 0 Å². The quantitative estimate of drug-likeness (QED) is 0.910. The van der Waals surface area contributed by atoms with Gasteiger partial charge in [0.15, 0.2) is 9.84 Å². The summed E-state index contributed by atoms with van der Waals surface area (Å²) in [5.74, 6) is 0. The van der Waals surface area contributed by atoms with Gasteiger partial charge in [-0.2, -0.15) is 5.10 Å². The van der Waals surface area contributed by atoms with Crippen molar-refractivity contribution in [3.8, 4) is 0 Å². The zero-order valence-electron chi connectivity index (χ0n) is 10.4. The van der Waals surface area contributed by atoms with Crippen LogP contribution in [0.1, 0.15) is 32.5 Å². The highest BCUT2D eigenvalue weighted by Gasteiger charge is 2.40. The largest absolute Gasteiger partial charge is 0.321 e. The summed E-state index contributed by atoms with van der Waals surface area (Å²) >= 11 is 3.36. The Bertz CT molecular complexity index is 508. The maximum Gasteiger partial charge on any atom is 0.154 e. The number of halogens is 1. The molecule has 1 atom stereocenters. The summed E-state index contributed by atoms with van der Waals surface area (Å²) in [5.41, 5.74) is 6.82. The van der Waals surface area contributed by atoms with Gasteiger partial charge in [-0.05, 0) is 36.7 Å². The van der Waals surface area contributed by atoms with Gasteiger partial charge in [0.25, 0.3) is 0 Å². The van der Waals surface area contributed by atoms with Crippen molar-refractivity contribution in [1.29, 1.82) is 0 Å². The number of hydrogen-bond donors (Lipinski definition) is 1. The lowest BCUT2D eigenvalue weighted by Crippen LogP contribution is -2.43. The molecule has 0 bridgehead atoms. The second kappa shape index (κ2) is 4.70. The van der Waals surface area contributed by atoms with Crippen molar-refractivity contribution in [2.45, 2.75) is 38.1 Å². The van der Waals surface area contributed by atoms with Crippen molar-refractivity contribution >= 4 is 25.8 Å². The summed E-state index contributed by atoms with van der Waals surface area (Å²) in [6.07, 6.45) is 2.84. The molecule has 0 aromatic carbocycles. The van der Waals surface area contributed by atoms with E-state index in [0.717, 1.165) is 4.47 Å². The molecule has 1 aromatic rings. The number of sulfone groups is 1. The molecule has 1 unspecified atom stereocenters. The highest BCUT2D eigenvalue weighted by molar-refractivity contribution is 9.10. The molecular weight excluding hydrogens is 306 g/mol. The second-order valence-electron chi connectivity index (χ2n) is 4.55. The Kier molecular flexibility index (Phi) is 4.05. The first-order valence-corrected chi connectivity index (χ1v) is 7.97. The standard InChI is InChI=1S/C10H18BrN3O2S/c1-5-14-8(7(11)6-13-14)9(12)10(2,3)17(4,15)16/h6,9H,5,12H2,1-4H3. The zero-order valence-corrected chi connectivity index (χ0v) is 12.8. The molecule has 2 N–H and O–H groups in total. The summed E-state index contributed by atoms with van der Waals surface area (Å²) in [6, 6.07) is -0.630. The van der Waals surface area contributed by atoms with E-state index < -0.39 is 20.6 Å². The number of nitrogens with two attached hydrogens (primary N) is 1. The fourth-order valence-corrected chi connectivity index (χ4v) is 2.61. The lowest BCUT2D eigenvalue weighted by atomic mass is 10.0. The fourth-order valence-electron chi connectivity index (χ4n) is 1.49. The van der Waals surface area contributed by atoms with E-state index >= 15 is 0 Å². The van der Waals surface area contributed by atoms with Crippen molar-refractivity contribution in [2.75, 3.05) is 6.26 Å². The lowest BCUT2D eigenvalue weighted by molar-refractivity contribution is 0.464. The zero-order chi connectivity index (χ0) is 13.4. The van der Waals surface area contributed by atoms with Crippen molar-refractivity contribution in [3.63, 3.8) is 0 Å². The van der Waals surface area contributed by atoms with E-state index in [1.165, 1.54) is 6.26 Å². The summed E-state index contributed by atoms with van der Waals surface area (Å²) in [6.45, 7) is 5.84. The smallest absolute Gasteiger partial charge is 0.154 e. The predicted molar refractivity (Wildman–Crippen MR) is 71.5 cm³/mol. The molecule has 7 heteroatoms. The Balaban J connectivity index is 3.30. The van der Waals surface area contributed by atoms with Crippen LogP contribution in [0, 0.1) is 0 Å². The molecule has 0 aliphatic carbocycles. The molecule has 0 saturated heterocycles. The first-order valence-electron chi connectivity index (χ1n) is 5.29. The van der Waals surface area contributed by atoms with Crippen molar-refractivity contribution in [1.82, 2.24) is 9.78 Å². The molecule has 5 nitrogen and oxygen atoms in total. The summed E-state index contributed by atoms with van der Waals surface area (Å²) in [5, 5.41) is 4.15. The molecule has 1 aromatic heterocycles. The lowest BCUT2D eigenvalue weighted by Gasteiger charge is -2.30. The van der Waals surface area contributed by atoms with Gasteiger partial charge in [0.2, 0.25) is 0 Å². The first-order chi connectivity index (χ1) is 7.63. The van der Waals surface area contributed by atoms with Crippen molar-refractivity contribution in [3.05, 3.63) is 16.4 Å². The first kappa shape index (κ1) is 14.7. The monoisotopic (exact) mass is 323 g/mol. The Hall–Kier alpha value is -0.400. The molecular formula is C10H18BrN3O2S. The third kappa shape index (κ3) is 2.56. The van der Waals surface area contributed by atoms with E-state index in [9.17, 15) is 8.42 Å². The van der Waals surface area contributed by atoms with Gasteiger partial charge in [-0.3, -0.25) is 4.68 Å². The average molecular weight is 324 g/mol. The van der Waals surface area contributed by atoms with Crippen LogP contribution in [0.3, 0.4) is 0 Å². The number of nitrogens with zero attached hydrogens (tertiary/aromatic N) is 2. The highest BCUT2D eigenvalue weighted by Crippen LogP contribution is 2.33. The van der Waals surface area contributed by atoms with Crippen LogP contribution in [-0.4, -0.2) is 29.2 Å². The minimum Gasteiger partial charge on any atom is -0.321 e. The van der Waals surface area contributed by atoms with Crippen LogP contribution >= 0.6 is 15.9 Å². The molecule has 98 valence electrons. The third-order valence-electron chi connectivity index (χ3n) is 3.13. The van der Waals surface area contributed by atoms with E-state index in [1.807, 2.05) is 6.92 Å². The maximum atomic E-state index is 11.8. The van der Waals surface area contributed by atoms with E-state index in [0.29, 0.717) is 12.2 Å². The van der Waals surface area contributed by atoms with Crippen LogP contribution in [0.4, 0.5) is 0 Å². The molecule has 0 radical (unpaired) electrons. The van der Waals surface area contributed by atoms with E-state index in [-0.39, 0.29) is 0 Å². The average Bonchev–Trinajstić information content (AvgIpc) is 2.56. The Labute approximate surface area is 110 Å². The topological polar surface area (TPSA) is 78.0 Å². The molecule has 0 amide bonds. The molecule has 0 aliphatic rings. The normalized spacial score (nSPS) is 14.9. The van der Waals surface area contributed by atoms with Crippen LogP contribution in [0.5, 0.6) is 0 Å². The van der Waals surface area contributed by atoms with Crippen LogP contribution in [0.2, 0.25) is 0 Å². The maximum absolute atomic E-state index is 11.8. The SMILES string of the molecule is CCn1ncc(Br)c1C(N)C(C)(C)S(C)(=O)=O. The van der Waals surface area contributed by atoms with E-state index in [2.05, 4.69) is 21.0 Å². The van der Waals surface area contributed by atoms with Gasteiger partial charge in [0.05, 0.1) is 27.2 Å². The van der Waals surface area contributed by atoms with Crippen LogP contribution in [0.15, 0.2) is 10.7 Å². The highest BCUT2D eigenvalue weighted by atomic mass is 79.9. The Morgan fingerprint density at radius 3 is 2.53 bits per heavy atom. The molecule has 1 heterocycles. The molecule has 0 saturated carbocycles. The number of hydrogen-bond acceptors (Lipinski definition) is 4. The third-order valence-corrected chi connectivity index (χ3v) is 5.91. The molecule has 0 spiro atoms. The summed E-state index contributed by atoms with van der Waals surface area (Å²) in [7, 11) is -3.26. The molecule has 1 rings (SSSR count). The van der Waals surface area contributed by atoms with Gasteiger partial charge < -0.3 is 5.73 Å². The van der Waals surface area contributed by atoms with E-state index in [4.69, 9.17) is 5.73 Å².